The van der Waals surface area contributed by atoms with E-state index in [4.69, 9.17) is 9.84 Å². The van der Waals surface area contributed by atoms with E-state index >= 15 is 0 Å². The van der Waals surface area contributed by atoms with Crippen molar-refractivity contribution in [2.45, 2.75) is 18.6 Å². The van der Waals surface area contributed by atoms with Gasteiger partial charge >= 0.3 is 5.97 Å². The molecule has 0 aromatic carbocycles. The van der Waals surface area contributed by atoms with Crippen LogP contribution in [0.4, 0.5) is 0 Å². The van der Waals surface area contributed by atoms with Crippen molar-refractivity contribution in [2.24, 2.45) is 0 Å². The minimum atomic E-state index is -0.792. The van der Waals surface area contributed by atoms with E-state index < -0.39 is 12.0 Å². The molecule has 1 aliphatic heterocycles. The lowest BCUT2D eigenvalue weighted by Gasteiger charge is -2.03. The summed E-state index contributed by atoms with van der Waals surface area (Å²) in [6.07, 6.45) is 0.646. The molecule has 10 heavy (non-hydrogen) atoms. The van der Waals surface area contributed by atoms with Crippen molar-refractivity contribution in [3.63, 3.8) is 0 Å². The first kappa shape index (κ1) is 7.50. The molecule has 4 nitrogen and oxygen atoms in total. The van der Waals surface area contributed by atoms with Gasteiger partial charge in [-0.05, 0) is 0 Å². The molecule has 0 saturated carbocycles. The third kappa shape index (κ3) is 1.46. The molecule has 1 fully saturated rings. The second kappa shape index (κ2) is 2.98. The maximum atomic E-state index is 10.3. The normalized spacial score (nSPS) is 32.5. The van der Waals surface area contributed by atoms with Crippen LogP contribution in [0.15, 0.2) is 0 Å². The predicted molar refractivity (Wildman–Crippen MR) is 34.8 cm³/mol. The zero-order chi connectivity index (χ0) is 7.56. The number of hydrogen-bond donors (Lipinski definition) is 2. The van der Waals surface area contributed by atoms with Gasteiger partial charge in [0.15, 0.2) is 0 Å². The highest BCUT2D eigenvalue weighted by Crippen LogP contribution is 2.08. The Kier molecular flexibility index (Phi) is 2.24. The average molecular weight is 145 g/mol. The summed E-state index contributed by atoms with van der Waals surface area (Å²) in [6.45, 7) is 0.646. The number of carbonyl (C=O) groups is 1. The molecule has 1 rings (SSSR count). The molecular formula is C6H11NO3. The zero-order valence-corrected chi connectivity index (χ0v) is 5.83. The van der Waals surface area contributed by atoms with E-state index in [1.54, 1.807) is 7.11 Å². The Morgan fingerprint density at radius 2 is 2.50 bits per heavy atom. The Balaban J connectivity index is 2.35. The van der Waals surface area contributed by atoms with Crippen molar-refractivity contribution in [1.29, 1.82) is 0 Å². The molecular weight excluding hydrogens is 134 g/mol. The van der Waals surface area contributed by atoms with Gasteiger partial charge in [-0.15, -0.1) is 0 Å². The first-order chi connectivity index (χ1) is 4.74. The molecule has 0 aromatic rings. The summed E-state index contributed by atoms with van der Waals surface area (Å²) < 4.78 is 4.97. The summed E-state index contributed by atoms with van der Waals surface area (Å²) in [4.78, 5) is 10.3. The topological polar surface area (TPSA) is 58.6 Å². The van der Waals surface area contributed by atoms with Crippen molar-refractivity contribution in [1.82, 2.24) is 5.32 Å². The van der Waals surface area contributed by atoms with Gasteiger partial charge in [-0.2, -0.15) is 0 Å². The van der Waals surface area contributed by atoms with Gasteiger partial charge in [-0.1, -0.05) is 0 Å². The van der Waals surface area contributed by atoms with Crippen LogP contribution in [-0.4, -0.2) is 36.9 Å². The minimum absolute atomic E-state index is 0.0705. The summed E-state index contributed by atoms with van der Waals surface area (Å²) in [7, 11) is 1.59. The summed E-state index contributed by atoms with van der Waals surface area (Å²) in [5.74, 6) is -0.792. The Labute approximate surface area is 59.2 Å². The standard InChI is InChI=1S/C6H11NO3/c1-10-4-2-5(6(8)9)7-3-4/h4-5,7H,2-3H2,1H3,(H,8,9)/t4-,5?/m0/s1. The van der Waals surface area contributed by atoms with Gasteiger partial charge in [-0.3, -0.25) is 4.79 Å². The second-order valence-corrected chi connectivity index (χ2v) is 2.39. The average Bonchev–Trinajstić information content (AvgIpc) is 2.34. The Hall–Kier alpha value is -0.610. The van der Waals surface area contributed by atoms with Gasteiger partial charge in [0.2, 0.25) is 0 Å². The van der Waals surface area contributed by atoms with Crippen molar-refractivity contribution >= 4 is 5.97 Å². The summed E-state index contributed by atoms with van der Waals surface area (Å²) >= 11 is 0. The van der Waals surface area contributed by atoms with Crippen LogP contribution in [0.25, 0.3) is 0 Å². The van der Waals surface area contributed by atoms with Crippen LogP contribution in [0.5, 0.6) is 0 Å². The molecule has 2 atom stereocenters. The first-order valence-corrected chi connectivity index (χ1v) is 3.23. The highest BCUT2D eigenvalue weighted by atomic mass is 16.5. The van der Waals surface area contributed by atoms with Crippen molar-refractivity contribution in [3.05, 3.63) is 0 Å². The molecule has 0 radical (unpaired) electrons. The highest BCUT2D eigenvalue weighted by Gasteiger charge is 2.28. The molecule has 0 amide bonds. The largest absolute Gasteiger partial charge is 0.480 e. The van der Waals surface area contributed by atoms with Crippen LogP contribution < -0.4 is 5.32 Å². The number of nitrogens with one attached hydrogen (secondary N) is 1. The van der Waals surface area contributed by atoms with Gasteiger partial charge in [-0.25, -0.2) is 0 Å². The van der Waals surface area contributed by atoms with E-state index in [9.17, 15) is 4.79 Å². The Morgan fingerprint density at radius 3 is 2.80 bits per heavy atom. The molecule has 2 N–H and O–H groups in total. The van der Waals surface area contributed by atoms with Crippen LogP contribution in [0.3, 0.4) is 0 Å². The second-order valence-electron chi connectivity index (χ2n) is 2.39. The maximum absolute atomic E-state index is 10.3. The fourth-order valence-corrected chi connectivity index (χ4v) is 1.07. The van der Waals surface area contributed by atoms with Gasteiger partial charge in [0.25, 0.3) is 0 Å². The van der Waals surface area contributed by atoms with Crippen LogP contribution >= 0.6 is 0 Å². The van der Waals surface area contributed by atoms with Gasteiger partial charge < -0.3 is 15.2 Å². The zero-order valence-electron chi connectivity index (χ0n) is 5.83. The number of aliphatic carboxylic acids is 1. The SMILES string of the molecule is CO[C@@H]1CNC(C(=O)O)C1. The van der Waals surface area contributed by atoms with Gasteiger partial charge in [0, 0.05) is 20.1 Å². The van der Waals surface area contributed by atoms with E-state index in [1.807, 2.05) is 0 Å². The third-order valence-corrected chi connectivity index (χ3v) is 1.72. The molecule has 0 aromatic heterocycles. The molecule has 0 bridgehead atoms. The quantitative estimate of drug-likeness (QED) is 0.547. The first-order valence-electron chi connectivity index (χ1n) is 3.23. The fraction of sp³-hybridized carbons (Fsp3) is 0.833. The van der Waals surface area contributed by atoms with Gasteiger partial charge in [0.1, 0.15) is 6.04 Å². The van der Waals surface area contributed by atoms with Gasteiger partial charge in [0.05, 0.1) is 6.10 Å². The highest BCUT2D eigenvalue weighted by molar-refractivity contribution is 5.73. The van der Waals surface area contributed by atoms with Crippen LogP contribution in [-0.2, 0) is 9.53 Å². The molecule has 4 heteroatoms. The lowest BCUT2D eigenvalue weighted by molar-refractivity contribution is -0.139. The number of carboxylic acids is 1. The third-order valence-electron chi connectivity index (χ3n) is 1.72. The van der Waals surface area contributed by atoms with Crippen LogP contribution in [0, 0.1) is 0 Å². The maximum Gasteiger partial charge on any atom is 0.320 e. The lowest BCUT2D eigenvalue weighted by Crippen LogP contribution is -2.29. The number of rotatable bonds is 2. The number of ether oxygens (including phenoxy) is 1. The Morgan fingerprint density at radius 1 is 1.80 bits per heavy atom. The van der Waals surface area contributed by atoms with Crippen molar-refractivity contribution in [2.75, 3.05) is 13.7 Å². The van der Waals surface area contributed by atoms with Crippen LogP contribution in [0.2, 0.25) is 0 Å². The van der Waals surface area contributed by atoms with Crippen LogP contribution in [0.1, 0.15) is 6.42 Å². The number of hydrogen-bond acceptors (Lipinski definition) is 3. The van der Waals surface area contributed by atoms with E-state index in [0.29, 0.717) is 13.0 Å². The van der Waals surface area contributed by atoms with Crippen molar-refractivity contribution in [3.8, 4) is 0 Å². The van der Waals surface area contributed by atoms with E-state index in [0.717, 1.165) is 0 Å². The van der Waals surface area contributed by atoms with E-state index in [2.05, 4.69) is 5.32 Å². The predicted octanol–water partition coefficient (Wildman–Crippen LogP) is -0.552. The van der Waals surface area contributed by atoms with E-state index in [1.165, 1.54) is 0 Å². The summed E-state index contributed by atoms with van der Waals surface area (Å²) in [6, 6.07) is -0.412. The smallest absolute Gasteiger partial charge is 0.320 e. The fourth-order valence-electron chi connectivity index (χ4n) is 1.07. The molecule has 1 aliphatic rings. The summed E-state index contributed by atoms with van der Waals surface area (Å²) in [5, 5.41) is 11.3. The Bertz CT molecular complexity index is 137. The monoisotopic (exact) mass is 145 g/mol. The minimum Gasteiger partial charge on any atom is -0.480 e. The molecule has 1 unspecified atom stereocenters. The van der Waals surface area contributed by atoms with Crippen molar-refractivity contribution < 1.29 is 14.6 Å². The van der Waals surface area contributed by atoms with E-state index in [-0.39, 0.29) is 6.10 Å². The molecule has 0 spiro atoms. The molecule has 0 aliphatic carbocycles. The lowest BCUT2D eigenvalue weighted by atomic mass is 10.2. The number of methoxy groups -OCH3 is 1. The summed E-state index contributed by atoms with van der Waals surface area (Å²) in [5.41, 5.74) is 0. The molecule has 58 valence electrons. The molecule has 1 saturated heterocycles. The molecule has 1 heterocycles. The number of carboxylic acid groups (broad SMARTS) is 1.